The van der Waals surface area contributed by atoms with Gasteiger partial charge in [0.1, 0.15) is 5.54 Å². The first-order valence-electron chi connectivity index (χ1n) is 13.5. The van der Waals surface area contributed by atoms with E-state index in [1.54, 1.807) is 51.1 Å². The molecule has 1 amide bonds. The van der Waals surface area contributed by atoms with Gasteiger partial charge in [0, 0.05) is 42.3 Å². The molecule has 10 heteroatoms. The van der Waals surface area contributed by atoms with Crippen LogP contribution in [-0.2, 0) is 24.3 Å². The summed E-state index contributed by atoms with van der Waals surface area (Å²) in [7, 11) is -3.86. The van der Waals surface area contributed by atoms with Crippen molar-refractivity contribution in [2.45, 2.75) is 57.9 Å². The van der Waals surface area contributed by atoms with E-state index in [2.05, 4.69) is 10.0 Å². The molecule has 1 aliphatic heterocycles. The van der Waals surface area contributed by atoms with Crippen LogP contribution in [0.25, 0.3) is 11.1 Å². The Morgan fingerprint density at radius 2 is 1.59 bits per heavy atom. The van der Waals surface area contributed by atoms with Crippen LogP contribution in [0, 0.1) is 27.7 Å². The van der Waals surface area contributed by atoms with Gasteiger partial charge in [0.2, 0.25) is 0 Å². The van der Waals surface area contributed by atoms with Gasteiger partial charge in [-0.25, -0.2) is 13.2 Å². The van der Waals surface area contributed by atoms with Crippen LogP contribution in [0.2, 0.25) is 5.02 Å². The maximum Gasteiger partial charge on any atom is 0.332 e. The largest absolute Gasteiger partial charge is 0.464 e. The number of carbonyl (C=O) groups is 2. The highest BCUT2D eigenvalue weighted by Crippen LogP contribution is 2.31. The molecule has 1 aliphatic rings. The number of carbonyl (C=O) groups excluding carboxylic acids is 2. The maximum atomic E-state index is 13.5. The molecule has 4 rings (SSSR count). The van der Waals surface area contributed by atoms with Crippen LogP contribution in [0.1, 0.15) is 52.4 Å². The molecule has 218 valence electrons. The molecular formula is C31H35ClN2O6S. The lowest BCUT2D eigenvalue weighted by molar-refractivity contribution is -0.154. The number of anilines is 1. The van der Waals surface area contributed by atoms with Gasteiger partial charge in [0.15, 0.2) is 0 Å². The summed E-state index contributed by atoms with van der Waals surface area (Å²) in [4.78, 5) is 26.5. The lowest BCUT2D eigenvalue weighted by Gasteiger charge is -2.35. The van der Waals surface area contributed by atoms with E-state index in [-0.39, 0.29) is 17.4 Å². The van der Waals surface area contributed by atoms with E-state index in [9.17, 15) is 18.0 Å². The second kappa shape index (κ2) is 12.2. The molecule has 0 bridgehead atoms. The summed E-state index contributed by atoms with van der Waals surface area (Å²) >= 11 is 6.16. The molecule has 0 radical (unpaired) electrons. The summed E-state index contributed by atoms with van der Waals surface area (Å²) in [5.74, 6) is -0.802. The molecular weight excluding hydrogens is 564 g/mol. The van der Waals surface area contributed by atoms with Crippen LogP contribution < -0.4 is 10.0 Å². The molecule has 41 heavy (non-hydrogen) atoms. The van der Waals surface area contributed by atoms with Gasteiger partial charge in [-0.15, -0.1) is 0 Å². The normalized spacial score (nSPS) is 14.8. The maximum absolute atomic E-state index is 13.5. The van der Waals surface area contributed by atoms with Crippen LogP contribution in [0.5, 0.6) is 0 Å². The quantitative estimate of drug-likeness (QED) is 0.313. The highest BCUT2D eigenvalue weighted by Gasteiger charge is 2.43. The van der Waals surface area contributed by atoms with Crippen LogP contribution >= 0.6 is 11.6 Å². The SMILES string of the molecule is CCOC(=O)C1(NC(=O)c2c(C)cc(-c3cccc(NS(=O)(=O)c4cc(C)c(Cl)cc4C)c3)cc2C)CCOCC1. The first-order valence-corrected chi connectivity index (χ1v) is 15.3. The first kappa shape index (κ1) is 30.6. The Hall–Kier alpha value is -3.40. The van der Waals surface area contributed by atoms with Crippen molar-refractivity contribution in [3.8, 4) is 11.1 Å². The van der Waals surface area contributed by atoms with E-state index < -0.39 is 21.5 Å². The highest BCUT2D eigenvalue weighted by molar-refractivity contribution is 7.92. The highest BCUT2D eigenvalue weighted by atomic mass is 35.5. The van der Waals surface area contributed by atoms with Crippen LogP contribution in [0.15, 0.2) is 53.4 Å². The lowest BCUT2D eigenvalue weighted by atomic mass is 9.88. The van der Waals surface area contributed by atoms with E-state index in [1.165, 1.54) is 0 Å². The summed E-state index contributed by atoms with van der Waals surface area (Å²) in [5, 5.41) is 3.47. The Labute approximate surface area is 246 Å². The van der Waals surface area contributed by atoms with Crippen LogP contribution in [-0.4, -0.2) is 45.7 Å². The Kier molecular flexibility index (Phi) is 9.11. The van der Waals surface area contributed by atoms with Gasteiger partial charge in [0.25, 0.3) is 15.9 Å². The molecule has 0 unspecified atom stereocenters. The number of halogens is 1. The zero-order valence-corrected chi connectivity index (χ0v) is 25.5. The van der Waals surface area contributed by atoms with Gasteiger partial charge >= 0.3 is 5.97 Å². The number of sulfonamides is 1. The minimum atomic E-state index is -3.86. The fourth-order valence-electron chi connectivity index (χ4n) is 5.15. The number of benzene rings is 3. The average Bonchev–Trinajstić information content (AvgIpc) is 2.90. The number of rotatable bonds is 8. The molecule has 1 saturated heterocycles. The number of aryl methyl sites for hydroxylation is 4. The van der Waals surface area contributed by atoms with Crippen molar-refractivity contribution in [3.05, 3.63) is 81.4 Å². The van der Waals surface area contributed by atoms with Gasteiger partial charge in [0.05, 0.1) is 11.5 Å². The zero-order chi connectivity index (χ0) is 29.9. The summed E-state index contributed by atoms with van der Waals surface area (Å²) in [6, 6.07) is 14.0. The predicted molar refractivity (Wildman–Crippen MR) is 160 cm³/mol. The number of hydrogen-bond acceptors (Lipinski definition) is 6. The Bertz CT molecular complexity index is 1570. The molecule has 0 spiro atoms. The second-order valence-corrected chi connectivity index (χ2v) is 12.5. The van der Waals surface area contributed by atoms with Crippen LogP contribution in [0.3, 0.4) is 0 Å². The van der Waals surface area contributed by atoms with E-state index in [0.29, 0.717) is 53.5 Å². The average molecular weight is 599 g/mol. The van der Waals surface area contributed by atoms with E-state index in [4.69, 9.17) is 21.1 Å². The third-order valence-electron chi connectivity index (χ3n) is 7.32. The van der Waals surface area contributed by atoms with E-state index in [0.717, 1.165) is 22.3 Å². The molecule has 1 fully saturated rings. The number of nitrogens with one attached hydrogen (secondary N) is 2. The van der Waals surface area contributed by atoms with Gasteiger partial charge in [-0.3, -0.25) is 9.52 Å². The van der Waals surface area contributed by atoms with Crippen molar-refractivity contribution in [3.63, 3.8) is 0 Å². The molecule has 8 nitrogen and oxygen atoms in total. The van der Waals surface area contributed by atoms with Gasteiger partial charge in [-0.2, -0.15) is 0 Å². The first-order chi connectivity index (χ1) is 19.4. The van der Waals surface area contributed by atoms with Gasteiger partial charge in [-0.1, -0.05) is 35.9 Å². The van der Waals surface area contributed by atoms with Gasteiger partial charge < -0.3 is 14.8 Å². The summed E-state index contributed by atoms with van der Waals surface area (Å²) in [5.41, 5.74) is 4.03. The van der Waals surface area contributed by atoms with Crippen molar-refractivity contribution in [2.24, 2.45) is 0 Å². The van der Waals surface area contributed by atoms with Crippen LogP contribution in [0.4, 0.5) is 5.69 Å². The van der Waals surface area contributed by atoms with Crippen molar-refractivity contribution >= 4 is 39.2 Å². The minimum absolute atomic E-state index is 0.164. The van der Waals surface area contributed by atoms with Crippen molar-refractivity contribution < 1.29 is 27.5 Å². The molecule has 2 N–H and O–H groups in total. The topological polar surface area (TPSA) is 111 Å². The second-order valence-electron chi connectivity index (χ2n) is 10.4. The lowest BCUT2D eigenvalue weighted by Crippen LogP contribution is -2.58. The van der Waals surface area contributed by atoms with E-state index in [1.807, 2.05) is 32.0 Å². The van der Waals surface area contributed by atoms with Crippen molar-refractivity contribution in [1.82, 2.24) is 5.32 Å². The summed E-state index contributed by atoms with van der Waals surface area (Å²) in [6.07, 6.45) is 0.678. The zero-order valence-electron chi connectivity index (χ0n) is 23.9. The van der Waals surface area contributed by atoms with Crippen molar-refractivity contribution in [1.29, 1.82) is 0 Å². The number of esters is 1. The number of hydrogen-bond donors (Lipinski definition) is 2. The standard InChI is InChI=1S/C31H35ClN2O6S/c1-6-40-30(36)31(10-12-39-13-11-31)33-29(35)28-21(4)14-24(15-22(28)5)23-8-7-9-25(18-23)34-41(37,38)27-17-19(2)26(32)16-20(27)3/h7-9,14-18,34H,6,10-13H2,1-5H3,(H,33,35). The number of ether oxygens (including phenoxy) is 2. The molecule has 0 atom stereocenters. The van der Waals surface area contributed by atoms with Crippen molar-refractivity contribution in [2.75, 3.05) is 24.5 Å². The third-order valence-corrected chi connectivity index (χ3v) is 9.25. The smallest absolute Gasteiger partial charge is 0.332 e. The monoisotopic (exact) mass is 598 g/mol. The molecule has 0 aromatic heterocycles. The Balaban J connectivity index is 1.61. The minimum Gasteiger partial charge on any atom is -0.464 e. The fraction of sp³-hybridized carbons (Fsp3) is 0.355. The summed E-state index contributed by atoms with van der Waals surface area (Å²) < 4.78 is 39.8. The Morgan fingerprint density at radius 1 is 0.927 bits per heavy atom. The van der Waals surface area contributed by atoms with Gasteiger partial charge in [-0.05, 0) is 92.3 Å². The molecule has 0 saturated carbocycles. The van der Waals surface area contributed by atoms with E-state index >= 15 is 0 Å². The molecule has 0 aliphatic carbocycles. The Morgan fingerprint density at radius 3 is 2.22 bits per heavy atom. The predicted octanol–water partition coefficient (Wildman–Crippen LogP) is 5.88. The summed E-state index contributed by atoms with van der Waals surface area (Å²) in [6.45, 7) is 9.81. The third kappa shape index (κ3) is 6.58. The molecule has 3 aromatic carbocycles. The fourth-order valence-corrected chi connectivity index (χ4v) is 6.73. The molecule has 1 heterocycles. The molecule has 3 aromatic rings. The number of amides is 1.